The van der Waals surface area contributed by atoms with Crippen LogP contribution in [0.15, 0.2) is 12.2 Å². The largest absolute Gasteiger partial charge is 0.307 e. The molecule has 0 aliphatic heterocycles. The number of hydrogen-bond donors (Lipinski definition) is 1. The molecule has 2 atom stereocenters. The van der Waals surface area contributed by atoms with Gasteiger partial charge in [-0.25, -0.2) is 8.42 Å². The lowest BCUT2D eigenvalue weighted by molar-refractivity contribution is 0.473. The second-order valence-electron chi connectivity index (χ2n) is 4.23. The second kappa shape index (κ2) is 5.66. The van der Waals surface area contributed by atoms with Crippen molar-refractivity contribution in [3.8, 4) is 0 Å². The molecule has 0 aromatic rings. The molecule has 1 aliphatic rings. The summed E-state index contributed by atoms with van der Waals surface area (Å²) in [7, 11) is -2.86. The molecule has 0 radical (unpaired) electrons. The van der Waals surface area contributed by atoms with Gasteiger partial charge in [0.1, 0.15) is 0 Å². The van der Waals surface area contributed by atoms with Gasteiger partial charge in [-0.15, -0.1) is 0 Å². The summed E-state index contributed by atoms with van der Waals surface area (Å²) in [6.45, 7) is 3.64. The highest BCUT2D eigenvalue weighted by Crippen LogP contribution is 2.11. The Kier molecular flexibility index (Phi) is 4.80. The number of hydrogen-bond acceptors (Lipinski definition) is 3. The molecule has 1 aliphatic carbocycles. The fourth-order valence-electron chi connectivity index (χ4n) is 1.86. The summed E-state index contributed by atoms with van der Waals surface area (Å²) in [6, 6.07) is 0.406. The highest BCUT2D eigenvalue weighted by Gasteiger charge is 2.16. The fourth-order valence-corrected chi connectivity index (χ4v) is 2.96. The second-order valence-corrected chi connectivity index (χ2v) is 6.63. The minimum Gasteiger partial charge on any atom is -0.307 e. The van der Waals surface area contributed by atoms with Gasteiger partial charge in [-0.1, -0.05) is 19.1 Å². The van der Waals surface area contributed by atoms with Gasteiger partial charge in [0.2, 0.25) is 0 Å². The average molecular weight is 231 g/mol. The highest BCUT2D eigenvalue weighted by molar-refractivity contribution is 7.91. The van der Waals surface area contributed by atoms with E-state index in [4.69, 9.17) is 0 Å². The molecule has 0 bridgehead atoms. The van der Waals surface area contributed by atoms with Crippen molar-refractivity contribution in [2.75, 3.05) is 11.5 Å². The van der Waals surface area contributed by atoms with E-state index < -0.39 is 9.84 Å². The van der Waals surface area contributed by atoms with Crippen LogP contribution >= 0.6 is 0 Å². The van der Waals surface area contributed by atoms with Crippen LogP contribution in [-0.4, -0.2) is 32.0 Å². The van der Waals surface area contributed by atoms with Gasteiger partial charge in [-0.2, -0.15) is 0 Å². The number of sulfone groups is 1. The zero-order chi connectivity index (χ0) is 11.3. The Bertz CT molecular complexity index is 309. The maximum Gasteiger partial charge on any atom is 0.151 e. The van der Waals surface area contributed by atoms with Gasteiger partial charge in [0, 0.05) is 17.8 Å². The third-order valence-corrected chi connectivity index (χ3v) is 4.58. The van der Waals surface area contributed by atoms with E-state index in [1.165, 1.54) is 6.42 Å². The summed E-state index contributed by atoms with van der Waals surface area (Å²) in [6.07, 6.45) is 7.79. The van der Waals surface area contributed by atoms with Gasteiger partial charge in [-0.05, 0) is 26.2 Å². The maximum atomic E-state index is 11.4. The molecule has 88 valence electrons. The van der Waals surface area contributed by atoms with Crippen molar-refractivity contribution in [3.63, 3.8) is 0 Å². The maximum absolute atomic E-state index is 11.4. The quantitative estimate of drug-likeness (QED) is 0.730. The van der Waals surface area contributed by atoms with Crippen molar-refractivity contribution in [3.05, 3.63) is 12.2 Å². The number of allylic oxidation sites excluding steroid dienone is 1. The van der Waals surface area contributed by atoms with E-state index in [1.54, 1.807) is 6.92 Å². The monoisotopic (exact) mass is 231 g/mol. The minimum absolute atomic E-state index is 0.0442. The summed E-state index contributed by atoms with van der Waals surface area (Å²) in [5, 5.41) is 3.34. The van der Waals surface area contributed by atoms with Crippen LogP contribution in [0.2, 0.25) is 0 Å². The molecular formula is C11H21NO2S. The van der Waals surface area contributed by atoms with Gasteiger partial charge < -0.3 is 5.32 Å². The smallest absolute Gasteiger partial charge is 0.151 e. The minimum atomic E-state index is -2.86. The summed E-state index contributed by atoms with van der Waals surface area (Å²) >= 11 is 0. The van der Waals surface area contributed by atoms with Gasteiger partial charge in [0.25, 0.3) is 0 Å². The predicted octanol–water partition coefficient (Wildman–Crippen LogP) is 1.51. The molecule has 0 aromatic heterocycles. The van der Waals surface area contributed by atoms with Gasteiger partial charge in [0.05, 0.1) is 5.75 Å². The molecule has 3 nitrogen and oxygen atoms in total. The Morgan fingerprint density at radius 1 is 1.53 bits per heavy atom. The Labute approximate surface area is 92.9 Å². The van der Waals surface area contributed by atoms with Crippen molar-refractivity contribution in [2.45, 2.75) is 45.2 Å². The summed E-state index contributed by atoms with van der Waals surface area (Å²) in [4.78, 5) is 0. The van der Waals surface area contributed by atoms with Gasteiger partial charge in [0.15, 0.2) is 9.84 Å². The first-order chi connectivity index (χ1) is 7.03. The predicted molar refractivity (Wildman–Crippen MR) is 63.7 cm³/mol. The molecule has 0 saturated heterocycles. The van der Waals surface area contributed by atoms with E-state index >= 15 is 0 Å². The van der Waals surface area contributed by atoms with E-state index in [0.29, 0.717) is 6.04 Å². The van der Waals surface area contributed by atoms with Crippen LogP contribution < -0.4 is 5.32 Å². The SMILES string of the molecule is CCS(=O)(=O)CC(C)NC1C=CCCC1. The van der Waals surface area contributed by atoms with E-state index in [-0.39, 0.29) is 17.5 Å². The van der Waals surface area contributed by atoms with Crippen LogP contribution in [0.1, 0.15) is 33.1 Å². The molecule has 15 heavy (non-hydrogen) atoms. The first-order valence-corrected chi connectivity index (χ1v) is 7.49. The summed E-state index contributed by atoms with van der Waals surface area (Å²) < 4.78 is 22.8. The molecule has 0 saturated carbocycles. The zero-order valence-electron chi connectivity index (χ0n) is 9.57. The lowest BCUT2D eigenvalue weighted by Gasteiger charge is -2.22. The Morgan fingerprint density at radius 3 is 2.80 bits per heavy atom. The molecule has 0 spiro atoms. The summed E-state index contributed by atoms with van der Waals surface area (Å²) in [5.74, 6) is 0.480. The average Bonchev–Trinajstić information content (AvgIpc) is 2.18. The molecule has 2 unspecified atom stereocenters. The van der Waals surface area contributed by atoms with Crippen LogP contribution in [-0.2, 0) is 9.84 Å². The standard InChI is InChI=1S/C11H21NO2S/c1-3-15(13,14)9-10(2)12-11-7-5-4-6-8-11/h5,7,10-12H,3-4,6,8-9H2,1-2H3. The molecule has 0 aromatic carbocycles. The van der Waals surface area contributed by atoms with Crippen LogP contribution in [0.3, 0.4) is 0 Å². The van der Waals surface area contributed by atoms with Crippen molar-refractivity contribution >= 4 is 9.84 Å². The number of rotatable bonds is 5. The fraction of sp³-hybridized carbons (Fsp3) is 0.818. The third kappa shape index (κ3) is 4.80. The van der Waals surface area contributed by atoms with Crippen molar-refractivity contribution in [1.29, 1.82) is 0 Å². The van der Waals surface area contributed by atoms with Crippen LogP contribution in [0.5, 0.6) is 0 Å². The van der Waals surface area contributed by atoms with Crippen molar-refractivity contribution < 1.29 is 8.42 Å². The Hall–Kier alpha value is -0.350. The van der Waals surface area contributed by atoms with E-state index in [1.807, 2.05) is 6.92 Å². The van der Waals surface area contributed by atoms with E-state index in [0.717, 1.165) is 12.8 Å². The van der Waals surface area contributed by atoms with Crippen LogP contribution in [0.4, 0.5) is 0 Å². The Balaban J connectivity index is 2.38. The summed E-state index contributed by atoms with van der Waals surface area (Å²) in [5.41, 5.74) is 0. The third-order valence-electron chi connectivity index (χ3n) is 2.70. The molecular weight excluding hydrogens is 210 g/mol. The normalized spacial score (nSPS) is 24.0. The molecule has 4 heteroatoms. The van der Waals surface area contributed by atoms with E-state index in [2.05, 4.69) is 17.5 Å². The zero-order valence-corrected chi connectivity index (χ0v) is 10.4. The molecule has 1 rings (SSSR count). The van der Waals surface area contributed by atoms with Crippen molar-refractivity contribution in [1.82, 2.24) is 5.32 Å². The highest BCUT2D eigenvalue weighted by atomic mass is 32.2. The van der Waals surface area contributed by atoms with Crippen LogP contribution in [0.25, 0.3) is 0 Å². The van der Waals surface area contributed by atoms with Crippen molar-refractivity contribution in [2.24, 2.45) is 0 Å². The first kappa shape index (κ1) is 12.7. The molecule has 1 N–H and O–H groups in total. The molecule has 0 amide bonds. The number of nitrogens with one attached hydrogen (secondary N) is 1. The molecule has 0 fully saturated rings. The topological polar surface area (TPSA) is 46.2 Å². The lowest BCUT2D eigenvalue weighted by atomic mass is 10.0. The first-order valence-electron chi connectivity index (χ1n) is 5.66. The van der Waals surface area contributed by atoms with E-state index in [9.17, 15) is 8.42 Å². The molecule has 0 heterocycles. The van der Waals surface area contributed by atoms with Crippen LogP contribution in [0, 0.1) is 0 Å². The van der Waals surface area contributed by atoms with Gasteiger partial charge >= 0.3 is 0 Å². The van der Waals surface area contributed by atoms with Gasteiger partial charge in [-0.3, -0.25) is 0 Å². The lowest BCUT2D eigenvalue weighted by Crippen LogP contribution is -2.40. The Morgan fingerprint density at radius 2 is 2.27 bits per heavy atom.